The Bertz CT molecular complexity index is 923. The summed E-state index contributed by atoms with van der Waals surface area (Å²) < 4.78 is 10.6. The third-order valence-electron chi connectivity index (χ3n) is 4.38. The highest BCUT2D eigenvalue weighted by Gasteiger charge is 2.43. The molecule has 0 aromatic heterocycles. The molecular formula is C19H17Cl2NO5S. The molecule has 3 rings (SSSR count). The van der Waals surface area contributed by atoms with Crippen LogP contribution in [-0.2, 0) is 4.79 Å². The number of benzene rings is 2. The van der Waals surface area contributed by atoms with Crippen molar-refractivity contribution in [3.63, 3.8) is 0 Å². The number of aliphatic carboxylic acids is 1. The van der Waals surface area contributed by atoms with Gasteiger partial charge < -0.3 is 19.5 Å². The number of halogens is 2. The van der Waals surface area contributed by atoms with E-state index in [-0.39, 0.29) is 16.3 Å². The molecular weight excluding hydrogens is 425 g/mol. The van der Waals surface area contributed by atoms with E-state index in [2.05, 4.69) is 0 Å². The zero-order valence-corrected chi connectivity index (χ0v) is 17.3. The molecule has 1 aliphatic heterocycles. The molecule has 1 N–H and O–H groups in total. The summed E-state index contributed by atoms with van der Waals surface area (Å²) in [5, 5.41) is 9.68. The number of hydrogen-bond donors (Lipinski definition) is 1. The second-order valence-corrected chi connectivity index (χ2v) is 7.92. The van der Waals surface area contributed by atoms with Gasteiger partial charge in [0.05, 0.1) is 24.3 Å². The van der Waals surface area contributed by atoms with Crippen LogP contribution in [0.15, 0.2) is 36.4 Å². The van der Waals surface area contributed by atoms with E-state index in [1.54, 1.807) is 18.2 Å². The van der Waals surface area contributed by atoms with Crippen LogP contribution in [-0.4, -0.2) is 47.9 Å². The van der Waals surface area contributed by atoms with Gasteiger partial charge in [-0.05, 0) is 35.9 Å². The Labute approximate surface area is 176 Å². The molecule has 0 bridgehead atoms. The summed E-state index contributed by atoms with van der Waals surface area (Å²) >= 11 is 13.3. The Hall–Kier alpha value is -2.09. The molecule has 2 aromatic rings. The zero-order chi connectivity index (χ0) is 20.4. The number of methoxy groups -OCH3 is 2. The van der Waals surface area contributed by atoms with E-state index in [4.69, 9.17) is 32.7 Å². The quantitative estimate of drug-likeness (QED) is 0.742. The Balaban J connectivity index is 2.02. The van der Waals surface area contributed by atoms with E-state index in [0.717, 1.165) is 5.56 Å². The van der Waals surface area contributed by atoms with E-state index < -0.39 is 23.3 Å². The van der Waals surface area contributed by atoms with Gasteiger partial charge in [0.1, 0.15) is 11.4 Å². The van der Waals surface area contributed by atoms with Gasteiger partial charge in [-0.2, -0.15) is 0 Å². The molecule has 1 heterocycles. The highest BCUT2D eigenvalue weighted by Crippen LogP contribution is 2.44. The Morgan fingerprint density at radius 1 is 1.07 bits per heavy atom. The zero-order valence-electron chi connectivity index (χ0n) is 15.0. The fraction of sp³-hybridized carbons (Fsp3) is 0.263. The van der Waals surface area contributed by atoms with Crippen molar-refractivity contribution in [2.24, 2.45) is 0 Å². The van der Waals surface area contributed by atoms with Crippen LogP contribution in [0.5, 0.6) is 11.5 Å². The van der Waals surface area contributed by atoms with E-state index in [1.165, 1.54) is 49.1 Å². The lowest BCUT2D eigenvalue weighted by atomic mass is 10.1. The van der Waals surface area contributed by atoms with Crippen LogP contribution in [0.3, 0.4) is 0 Å². The maximum Gasteiger partial charge on any atom is 0.327 e. The first-order valence-electron chi connectivity index (χ1n) is 8.21. The maximum absolute atomic E-state index is 13.2. The minimum atomic E-state index is -1.07. The molecule has 6 nitrogen and oxygen atoms in total. The smallest absolute Gasteiger partial charge is 0.327 e. The number of carboxylic acid groups (broad SMARTS) is 1. The lowest BCUT2D eigenvalue weighted by Crippen LogP contribution is -2.43. The van der Waals surface area contributed by atoms with Gasteiger partial charge in [0, 0.05) is 11.3 Å². The van der Waals surface area contributed by atoms with Gasteiger partial charge in [-0.25, -0.2) is 4.79 Å². The maximum atomic E-state index is 13.2. The van der Waals surface area contributed by atoms with Crippen molar-refractivity contribution in [1.29, 1.82) is 0 Å². The molecule has 9 heteroatoms. The van der Waals surface area contributed by atoms with E-state index >= 15 is 0 Å². The summed E-state index contributed by atoms with van der Waals surface area (Å²) in [5.41, 5.74) is 1.01. The van der Waals surface area contributed by atoms with Crippen molar-refractivity contribution >= 4 is 46.8 Å². The molecule has 0 aliphatic carbocycles. The monoisotopic (exact) mass is 441 g/mol. The molecule has 0 spiro atoms. The largest absolute Gasteiger partial charge is 0.493 e. The van der Waals surface area contributed by atoms with Crippen molar-refractivity contribution in [2.45, 2.75) is 11.4 Å². The predicted octanol–water partition coefficient (Wildman–Crippen LogP) is 4.35. The molecule has 2 atom stereocenters. The highest BCUT2D eigenvalue weighted by atomic mass is 35.5. The highest BCUT2D eigenvalue weighted by molar-refractivity contribution is 7.99. The number of nitrogens with zero attached hydrogens (tertiary/aromatic N) is 1. The van der Waals surface area contributed by atoms with E-state index in [9.17, 15) is 14.7 Å². The van der Waals surface area contributed by atoms with Crippen molar-refractivity contribution in [1.82, 2.24) is 4.90 Å². The first kappa shape index (κ1) is 20.6. The molecule has 0 saturated carbocycles. The molecule has 1 saturated heterocycles. The lowest BCUT2D eigenvalue weighted by molar-refractivity contribution is -0.141. The number of ether oxygens (including phenoxy) is 2. The molecule has 0 radical (unpaired) electrons. The number of amides is 1. The van der Waals surface area contributed by atoms with Crippen molar-refractivity contribution in [3.8, 4) is 11.5 Å². The van der Waals surface area contributed by atoms with E-state index in [1.807, 2.05) is 0 Å². The third kappa shape index (κ3) is 3.87. The summed E-state index contributed by atoms with van der Waals surface area (Å²) in [7, 11) is 3.05. The van der Waals surface area contributed by atoms with Crippen LogP contribution in [0, 0.1) is 0 Å². The molecule has 1 amide bonds. The number of thioether (sulfide) groups is 1. The average Bonchev–Trinajstić information content (AvgIpc) is 3.14. The van der Waals surface area contributed by atoms with E-state index in [0.29, 0.717) is 16.5 Å². The molecule has 2 aromatic carbocycles. The number of carboxylic acids is 1. The van der Waals surface area contributed by atoms with Crippen molar-refractivity contribution in [3.05, 3.63) is 57.6 Å². The van der Waals surface area contributed by atoms with Crippen LogP contribution in [0.1, 0.15) is 21.3 Å². The van der Waals surface area contributed by atoms with Crippen LogP contribution in [0.2, 0.25) is 10.0 Å². The summed E-state index contributed by atoms with van der Waals surface area (Å²) in [5.74, 6) is -0.186. The summed E-state index contributed by atoms with van der Waals surface area (Å²) in [6.45, 7) is 0. The molecule has 1 fully saturated rings. The van der Waals surface area contributed by atoms with Crippen LogP contribution in [0.25, 0.3) is 0 Å². The Kier molecular flexibility index (Phi) is 6.27. The average molecular weight is 442 g/mol. The summed E-state index contributed by atoms with van der Waals surface area (Å²) in [4.78, 5) is 26.3. The minimum absolute atomic E-state index is 0.230. The van der Waals surface area contributed by atoms with Crippen LogP contribution < -0.4 is 9.47 Å². The fourth-order valence-corrected chi connectivity index (χ4v) is 4.69. The predicted molar refractivity (Wildman–Crippen MR) is 109 cm³/mol. The molecule has 28 heavy (non-hydrogen) atoms. The summed E-state index contributed by atoms with van der Waals surface area (Å²) in [6.07, 6.45) is 0. The normalized spacial score (nSPS) is 18.8. The number of rotatable bonds is 5. The van der Waals surface area contributed by atoms with Gasteiger partial charge in [0.25, 0.3) is 5.91 Å². The molecule has 2 unspecified atom stereocenters. The third-order valence-corrected chi connectivity index (χ3v) is 6.44. The first-order chi connectivity index (χ1) is 13.4. The summed E-state index contributed by atoms with van der Waals surface area (Å²) in [6, 6.07) is 8.79. The van der Waals surface area contributed by atoms with Gasteiger partial charge in [0.15, 0.2) is 11.5 Å². The molecule has 1 aliphatic rings. The number of carbonyl (C=O) groups excluding carboxylic acids is 1. The SMILES string of the molecule is COc1ccc(C2SCC(C(=O)O)N2C(=O)c2ccc(Cl)c(Cl)c2)cc1OC. The van der Waals surface area contributed by atoms with Crippen LogP contribution in [0.4, 0.5) is 0 Å². The standard InChI is InChI=1S/C19H17Cl2NO5S/c1-26-15-6-4-11(8-16(15)27-2)18-22(14(9-28-18)19(24)25)17(23)10-3-5-12(20)13(21)7-10/h3-8,14,18H,9H2,1-2H3,(H,24,25). The Morgan fingerprint density at radius 2 is 1.79 bits per heavy atom. The van der Waals surface area contributed by atoms with Crippen molar-refractivity contribution < 1.29 is 24.2 Å². The minimum Gasteiger partial charge on any atom is -0.493 e. The second kappa shape index (κ2) is 8.51. The molecule has 148 valence electrons. The second-order valence-electron chi connectivity index (χ2n) is 6.00. The van der Waals surface area contributed by atoms with Gasteiger partial charge in [-0.15, -0.1) is 11.8 Å². The van der Waals surface area contributed by atoms with Gasteiger partial charge in [0.2, 0.25) is 0 Å². The van der Waals surface area contributed by atoms with Gasteiger partial charge >= 0.3 is 5.97 Å². The van der Waals surface area contributed by atoms with Crippen molar-refractivity contribution in [2.75, 3.05) is 20.0 Å². The first-order valence-corrected chi connectivity index (χ1v) is 10.0. The fourth-order valence-electron chi connectivity index (χ4n) is 2.99. The van der Waals surface area contributed by atoms with Gasteiger partial charge in [-0.1, -0.05) is 29.3 Å². The van der Waals surface area contributed by atoms with Crippen LogP contribution >= 0.6 is 35.0 Å². The lowest BCUT2D eigenvalue weighted by Gasteiger charge is -2.28. The topological polar surface area (TPSA) is 76.1 Å². The Morgan fingerprint density at radius 3 is 2.39 bits per heavy atom. The number of hydrogen-bond acceptors (Lipinski definition) is 5. The van der Waals surface area contributed by atoms with Gasteiger partial charge in [-0.3, -0.25) is 4.79 Å². The number of carbonyl (C=O) groups is 2.